The maximum Gasteiger partial charge on any atom is 0.256 e. The van der Waals surface area contributed by atoms with E-state index in [1.807, 2.05) is 6.07 Å². The Kier molecular flexibility index (Phi) is 6.82. The molecule has 0 radical (unpaired) electrons. The second-order valence-electron chi connectivity index (χ2n) is 6.80. The smallest absolute Gasteiger partial charge is 0.256 e. The number of nitrogens with one attached hydrogen (secondary N) is 2. The van der Waals surface area contributed by atoms with Gasteiger partial charge in [-0.1, -0.05) is 42.3 Å². The minimum Gasteiger partial charge on any atom is -0.332 e. The molecule has 0 heterocycles. The molecule has 0 aromatic heterocycles. The maximum atomic E-state index is 12.9. The quantitative estimate of drug-likeness (QED) is 0.608. The fourth-order valence-electron chi connectivity index (χ4n) is 2.94. The number of amides is 3. The first kappa shape index (κ1) is 21.3. The van der Waals surface area contributed by atoms with Gasteiger partial charge >= 0.3 is 0 Å². The van der Waals surface area contributed by atoms with E-state index in [0.717, 1.165) is 0 Å². The Bertz CT molecular complexity index is 1150. The molecule has 0 aliphatic carbocycles. The highest BCUT2D eigenvalue weighted by atomic mass is 16.2. The number of para-hydroxylation sites is 1. The third-order valence-corrected chi connectivity index (χ3v) is 4.48. The number of terminal acetylenes is 1. The van der Waals surface area contributed by atoms with Crippen LogP contribution in [0.15, 0.2) is 78.9 Å². The summed E-state index contributed by atoms with van der Waals surface area (Å²) in [7, 11) is 1.52. The number of carbonyl (C=O) groups is 3. The fourth-order valence-corrected chi connectivity index (χ4v) is 2.94. The molecule has 0 saturated carbocycles. The van der Waals surface area contributed by atoms with E-state index >= 15 is 0 Å². The molecule has 0 aliphatic heterocycles. The van der Waals surface area contributed by atoms with Crippen LogP contribution < -0.4 is 10.6 Å². The zero-order valence-corrected chi connectivity index (χ0v) is 17.0. The van der Waals surface area contributed by atoms with Gasteiger partial charge in [0.25, 0.3) is 11.8 Å². The van der Waals surface area contributed by atoms with E-state index in [4.69, 9.17) is 6.42 Å². The molecule has 0 saturated heterocycles. The lowest BCUT2D eigenvalue weighted by molar-refractivity contribution is -0.116. The number of hydrogen-bond acceptors (Lipinski definition) is 3. The van der Waals surface area contributed by atoms with Crippen molar-refractivity contribution in [3.05, 3.63) is 95.6 Å². The highest BCUT2D eigenvalue weighted by Crippen LogP contribution is 2.18. The van der Waals surface area contributed by atoms with E-state index < -0.39 is 5.91 Å². The van der Waals surface area contributed by atoms with Gasteiger partial charge < -0.3 is 15.5 Å². The van der Waals surface area contributed by atoms with Crippen molar-refractivity contribution in [3.8, 4) is 12.3 Å². The normalized spacial score (nSPS) is 9.94. The summed E-state index contributed by atoms with van der Waals surface area (Å²) < 4.78 is 0. The van der Waals surface area contributed by atoms with Gasteiger partial charge in [0.05, 0.1) is 17.8 Å². The molecule has 31 heavy (non-hydrogen) atoms. The van der Waals surface area contributed by atoms with Gasteiger partial charge in [-0.3, -0.25) is 14.4 Å². The van der Waals surface area contributed by atoms with Crippen molar-refractivity contribution >= 4 is 29.1 Å². The number of likely N-dealkylation sites (N-methyl/N-ethyl adjacent to an activating group) is 1. The van der Waals surface area contributed by atoms with Gasteiger partial charge in [-0.05, 0) is 42.5 Å². The Morgan fingerprint density at radius 3 is 2.35 bits per heavy atom. The van der Waals surface area contributed by atoms with Crippen LogP contribution in [0.25, 0.3) is 0 Å². The highest BCUT2D eigenvalue weighted by molar-refractivity contribution is 6.09. The Labute approximate surface area is 180 Å². The van der Waals surface area contributed by atoms with Crippen LogP contribution in [0.3, 0.4) is 0 Å². The summed E-state index contributed by atoms with van der Waals surface area (Å²) in [5, 5.41) is 5.49. The van der Waals surface area contributed by atoms with Crippen LogP contribution in [0, 0.1) is 12.3 Å². The van der Waals surface area contributed by atoms with Crippen LogP contribution in [-0.2, 0) is 4.79 Å². The average Bonchev–Trinajstić information content (AvgIpc) is 2.79. The van der Waals surface area contributed by atoms with Crippen molar-refractivity contribution in [1.29, 1.82) is 0 Å². The summed E-state index contributed by atoms with van der Waals surface area (Å²) in [5.74, 6) is 1.42. The van der Waals surface area contributed by atoms with E-state index in [1.54, 1.807) is 72.8 Å². The molecule has 3 amide bonds. The number of carbonyl (C=O) groups excluding carboxylic acids is 3. The van der Waals surface area contributed by atoms with E-state index in [2.05, 4.69) is 16.6 Å². The predicted octanol–water partition coefficient (Wildman–Crippen LogP) is 3.63. The van der Waals surface area contributed by atoms with Gasteiger partial charge in [-0.2, -0.15) is 0 Å². The summed E-state index contributed by atoms with van der Waals surface area (Å²) in [5.41, 5.74) is 2.33. The lowest BCUT2D eigenvalue weighted by atomic mass is 10.1. The minimum atomic E-state index is -0.392. The van der Waals surface area contributed by atoms with Crippen LogP contribution >= 0.6 is 0 Å². The molecule has 0 spiro atoms. The molecular formula is C25H21N3O3. The molecule has 3 aromatic rings. The van der Waals surface area contributed by atoms with Crippen molar-refractivity contribution in [2.75, 3.05) is 24.2 Å². The van der Waals surface area contributed by atoms with Gasteiger partial charge in [0.15, 0.2) is 0 Å². The van der Waals surface area contributed by atoms with Crippen LogP contribution in [0.5, 0.6) is 0 Å². The SMILES string of the molecule is C#Cc1cccc(NC(=O)CN(C)C(=O)c2ccccc2NC(=O)c2ccccc2)c1. The minimum absolute atomic E-state index is 0.167. The van der Waals surface area contributed by atoms with Gasteiger partial charge in [0, 0.05) is 23.9 Å². The molecule has 3 rings (SSSR count). The maximum absolute atomic E-state index is 12.9. The second-order valence-corrected chi connectivity index (χ2v) is 6.80. The summed E-state index contributed by atoms with van der Waals surface area (Å²) in [4.78, 5) is 39.1. The first-order valence-electron chi connectivity index (χ1n) is 9.55. The van der Waals surface area contributed by atoms with Crippen LogP contribution in [-0.4, -0.2) is 36.2 Å². The zero-order valence-electron chi connectivity index (χ0n) is 17.0. The highest BCUT2D eigenvalue weighted by Gasteiger charge is 2.19. The van der Waals surface area contributed by atoms with Crippen LogP contribution in [0.4, 0.5) is 11.4 Å². The summed E-state index contributed by atoms with van der Waals surface area (Å²) >= 11 is 0. The number of benzene rings is 3. The van der Waals surface area contributed by atoms with Crippen molar-refractivity contribution in [2.45, 2.75) is 0 Å². The first-order chi connectivity index (χ1) is 15.0. The second kappa shape index (κ2) is 9.90. The van der Waals surface area contributed by atoms with Crippen LogP contribution in [0.1, 0.15) is 26.3 Å². The Morgan fingerprint density at radius 1 is 0.903 bits per heavy atom. The third-order valence-electron chi connectivity index (χ3n) is 4.48. The Morgan fingerprint density at radius 2 is 1.61 bits per heavy atom. The third kappa shape index (κ3) is 5.58. The summed E-state index contributed by atoms with van der Waals surface area (Å²) in [6.07, 6.45) is 5.37. The average molecular weight is 411 g/mol. The molecule has 0 unspecified atom stereocenters. The number of hydrogen-bond donors (Lipinski definition) is 2. The number of rotatable bonds is 6. The monoisotopic (exact) mass is 411 g/mol. The van der Waals surface area contributed by atoms with E-state index in [0.29, 0.717) is 22.5 Å². The predicted molar refractivity (Wildman–Crippen MR) is 121 cm³/mol. The largest absolute Gasteiger partial charge is 0.332 e. The van der Waals surface area contributed by atoms with Crippen molar-refractivity contribution in [2.24, 2.45) is 0 Å². The Balaban J connectivity index is 1.68. The lowest BCUT2D eigenvalue weighted by Crippen LogP contribution is -2.35. The fraction of sp³-hybridized carbons (Fsp3) is 0.0800. The van der Waals surface area contributed by atoms with Gasteiger partial charge in [0.1, 0.15) is 0 Å². The van der Waals surface area contributed by atoms with Crippen molar-refractivity contribution in [1.82, 2.24) is 4.90 Å². The molecular weight excluding hydrogens is 390 g/mol. The standard InChI is InChI=1S/C25H21N3O3/c1-3-18-10-9-13-20(16-18)26-23(29)17-28(2)25(31)21-14-7-8-15-22(21)27-24(30)19-11-5-4-6-12-19/h1,4-16H,17H2,2H3,(H,26,29)(H,27,30). The van der Waals surface area contributed by atoms with Crippen LogP contribution in [0.2, 0.25) is 0 Å². The molecule has 6 heteroatoms. The molecule has 0 atom stereocenters. The molecule has 154 valence electrons. The summed E-state index contributed by atoms with van der Waals surface area (Å²) in [6, 6.07) is 22.3. The van der Waals surface area contributed by atoms with Gasteiger partial charge in [-0.15, -0.1) is 6.42 Å². The molecule has 6 nitrogen and oxygen atoms in total. The number of anilines is 2. The number of nitrogens with zero attached hydrogens (tertiary/aromatic N) is 1. The van der Waals surface area contributed by atoms with Gasteiger partial charge in [-0.25, -0.2) is 0 Å². The summed E-state index contributed by atoms with van der Waals surface area (Å²) in [6.45, 7) is -0.167. The molecule has 3 aromatic carbocycles. The zero-order chi connectivity index (χ0) is 22.2. The molecule has 2 N–H and O–H groups in total. The molecule has 0 aliphatic rings. The Hall–Kier alpha value is -4.37. The van der Waals surface area contributed by atoms with E-state index in [1.165, 1.54) is 11.9 Å². The molecule has 0 bridgehead atoms. The van der Waals surface area contributed by atoms with Gasteiger partial charge in [0.2, 0.25) is 5.91 Å². The lowest BCUT2D eigenvalue weighted by Gasteiger charge is -2.19. The molecule has 0 fully saturated rings. The van der Waals surface area contributed by atoms with Crippen molar-refractivity contribution < 1.29 is 14.4 Å². The topological polar surface area (TPSA) is 78.5 Å². The first-order valence-corrected chi connectivity index (χ1v) is 9.55. The van der Waals surface area contributed by atoms with E-state index in [9.17, 15) is 14.4 Å². The van der Waals surface area contributed by atoms with Crippen molar-refractivity contribution in [3.63, 3.8) is 0 Å². The van der Waals surface area contributed by atoms with E-state index in [-0.39, 0.29) is 23.9 Å².